The van der Waals surface area contributed by atoms with Gasteiger partial charge >= 0.3 is 0 Å². The van der Waals surface area contributed by atoms with E-state index in [0.717, 1.165) is 5.56 Å². The first-order valence-electron chi connectivity index (χ1n) is 5.47. The van der Waals surface area contributed by atoms with E-state index in [2.05, 4.69) is 0 Å². The third-order valence-corrected chi connectivity index (χ3v) is 2.50. The van der Waals surface area contributed by atoms with Gasteiger partial charge in [-0.3, -0.25) is 0 Å². The van der Waals surface area contributed by atoms with E-state index >= 15 is 0 Å². The van der Waals surface area contributed by atoms with Gasteiger partial charge in [0.15, 0.2) is 0 Å². The SMILES string of the molecule is N=C(C=Cc1ccc(O)cc1)c1ccccc1F. The minimum atomic E-state index is -0.405. The Kier molecular flexibility index (Phi) is 3.53. The van der Waals surface area contributed by atoms with E-state index < -0.39 is 5.82 Å². The number of hydrogen-bond acceptors (Lipinski definition) is 2. The molecule has 2 N–H and O–H groups in total. The number of phenols is 1. The number of allylic oxidation sites excluding steroid dienone is 1. The highest BCUT2D eigenvalue weighted by atomic mass is 19.1. The summed E-state index contributed by atoms with van der Waals surface area (Å²) < 4.78 is 13.4. The monoisotopic (exact) mass is 241 g/mol. The summed E-state index contributed by atoms with van der Waals surface area (Å²) in [7, 11) is 0. The van der Waals surface area contributed by atoms with Crippen LogP contribution in [-0.2, 0) is 0 Å². The molecule has 0 atom stereocenters. The molecule has 0 unspecified atom stereocenters. The maximum absolute atomic E-state index is 13.4. The van der Waals surface area contributed by atoms with Crippen molar-refractivity contribution < 1.29 is 9.50 Å². The molecule has 0 heterocycles. The summed E-state index contributed by atoms with van der Waals surface area (Å²) in [6.45, 7) is 0. The second-order valence-corrected chi connectivity index (χ2v) is 3.82. The first-order chi connectivity index (χ1) is 8.66. The van der Waals surface area contributed by atoms with Gasteiger partial charge in [0.05, 0.1) is 5.71 Å². The van der Waals surface area contributed by atoms with Crippen LogP contribution in [0.4, 0.5) is 4.39 Å². The molecular weight excluding hydrogens is 229 g/mol. The molecule has 0 saturated carbocycles. The molecule has 2 aromatic rings. The van der Waals surface area contributed by atoms with Crippen molar-refractivity contribution in [3.63, 3.8) is 0 Å². The molecule has 0 aliphatic rings. The van der Waals surface area contributed by atoms with Gasteiger partial charge in [0, 0.05) is 5.56 Å². The lowest BCUT2D eigenvalue weighted by Crippen LogP contribution is -1.97. The average Bonchev–Trinajstić information content (AvgIpc) is 2.38. The predicted molar refractivity (Wildman–Crippen MR) is 70.4 cm³/mol. The van der Waals surface area contributed by atoms with E-state index in [1.165, 1.54) is 12.1 Å². The van der Waals surface area contributed by atoms with Crippen molar-refractivity contribution in [2.75, 3.05) is 0 Å². The highest BCUT2D eigenvalue weighted by Crippen LogP contribution is 2.12. The zero-order chi connectivity index (χ0) is 13.0. The van der Waals surface area contributed by atoms with Crippen LogP contribution in [0, 0.1) is 11.2 Å². The molecule has 0 amide bonds. The Labute approximate surface area is 105 Å². The van der Waals surface area contributed by atoms with Gasteiger partial charge in [0.1, 0.15) is 11.6 Å². The molecule has 3 heteroatoms. The number of aromatic hydroxyl groups is 1. The second kappa shape index (κ2) is 5.27. The predicted octanol–water partition coefficient (Wildman–Crippen LogP) is 3.61. The van der Waals surface area contributed by atoms with Crippen LogP contribution in [-0.4, -0.2) is 10.8 Å². The van der Waals surface area contributed by atoms with E-state index in [1.54, 1.807) is 48.5 Å². The third-order valence-electron chi connectivity index (χ3n) is 2.50. The van der Waals surface area contributed by atoms with Crippen molar-refractivity contribution in [2.45, 2.75) is 0 Å². The van der Waals surface area contributed by atoms with Crippen LogP contribution in [0.25, 0.3) is 6.08 Å². The van der Waals surface area contributed by atoms with Crippen molar-refractivity contribution in [1.82, 2.24) is 0 Å². The van der Waals surface area contributed by atoms with Gasteiger partial charge in [-0.15, -0.1) is 0 Å². The van der Waals surface area contributed by atoms with E-state index in [0.29, 0.717) is 0 Å². The fourth-order valence-corrected chi connectivity index (χ4v) is 1.53. The van der Waals surface area contributed by atoms with Gasteiger partial charge < -0.3 is 10.5 Å². The Bertz CT molecular complexity index is 588. The normalized spacial score (nSPS) is 10.7. The zero-order valence-electron chi connectivity index (χ0n) is 9.60. The summed E-state index contributed by atoms with van der Waals surface area (Å²) >= 11 is 0. The molecule has 0 aliphatic carbocycles. The molecule has 0 bridgehead atoms. The van der Waals surface area contributed by atoms with E-state index in [4.69, 9.17) is 10.5 Å². The maximum Gasteiger partial charge on any atom is 0.132 e. The van der Waals surface area contributed by atoms with Gasteiger partial charge in [-0.05, 0) is 35.9 Å². The molecule has 2 rings (SSSR count). The van der Waals surface area contributed by atoms with Crippen molar-refractivity contribution in [1.29, 1.82) is 5.41 Å². The molecule has 0 aromatic heterocycles. The second-order valence-electron chi connectivity index (χ2n) is 3.82. The fraction of sp³-hybridized carbons (Fsp3) is 0. The van der Waals surface area contributed by atoms with Gasteiger partial charge in [-0.2, -0.15) is 0 Å². The molecule has 2 aromatic carbocycles. The van der Waals surface area contributed by atoms with Crippen LogP contribution >= 0.6 is 0 Å². The highest BCUT2D eigenvalue weighted by Gasteiger charge is 2.03. The fourth-order valence-electron chi connectivity index (χ4n) is 1.53. The van der Waals surface area contributed by atoms with Crippen LogP contribution in [0.15, 0.2) is 54.6 Å². The molecule has 0 radical (unpaired) electrons. The van der Waals surface area contributed by atoms with Gasteiger partial charge in [-0.25, -0.2) is 4.39 Å². The highest BCUT2D eigenvalue weighted by molar-refractivity contribution is 6.08. The summed E-state index contributed by atoms with van der Waals surface area (Å²) in [5.74, 6) is -0.214. The van der Waals surface area contributed by atoms with Crippen molar-refractivity contribution in [3.05, 3.63) is 71.6 Å². The smallest absolute Gasteiger partial charge is 0.132 e. The van der Waals surface area contributed by atoms with Crippen molar-refractivity contribution in [3.8, 4) is 5.75 Å². The molecule has 0 saturated heterocycles. The molecule has 18 heavy (non-hydrogen) atoms. The van der Waals surface area contributed by atoms with Crippen LogP contribution in [0.1, 0.15) is 11.1 Å². The lowest BCUT2D eigenvalue weighted by Gasteiger charge is -2.00. The minimum absolute atomic E-state index is 0.112. The Morgan fingerprint density at radius 3 is 2.39 bits per heavy atom. The molecule has 0 aliphatic heterocycles. The third kappa shape index (κ3) is 2.83. The molecular formula is C15H12FNO. The Morgan fingerprint density at radius 2 is 1.72 bits per heavy atom. The number of benzene rings is 2. The summed E-state index contributed by atoms with van der Waals surface area (Å²) in [5.41, 5.74) is 1.22. The summed E-state index contributed by atoms with van der Waals surface area (Å²) in [4.78, 5) is 0. The molecule has 2 nitrogen and oxygen atoms in total. The Morgan fingerprint density at radius 1 is 1.06 bits per heavy atom. The molecule has 0 fully saturated rings. The minimum Gasteiger partial charge on any atom is -0.508 e. The van der Waals surface area contributed by atoms with Crippen LogP contribution in [0.5, 0.6) is 5.75 Å². The molecule has 0 spiro atoms. The lowest BCUT2D eigenvalue weighted by atomic mass is 10.1. The van der Waals surface area contributed by atoms with Crippen LogP contribution in [0.3, 0.4) is 0 Å². The largest absolute Gasteiger partial charge is 0.508 e. The zero-order valence-corrected chi connectivity index (χ0v) is 9.60. The van der Waals surface area contributed by atoms with Gasteiger partial charge in [-0.1, -0.05) is 30.3 Å². The van der Waals surface area contributed by atoms with Crippen molar-refractivity contribution in [2.24, 2.45) is 0 Å². The number of halogens is 1. The van der Waals surface area contributed by atoms with Crippen LogP contribution in [0.2, 0.25) is 0 Å². The summed E-state index contributed by atoms with van der Waals surface area (Å²) in [6.07, 6.45) is 3.24. The first-order valence-corrected chi connectivity index (χ1v) is 5.47. The quantitative estimate of drug-likeness (QED) is 0.792. The number of rotatable bonds is 3. The van der Waals surface area contributed by atoms with Crippen molar-refractivity contribution >= 4 is 11.8 Å². The van der Waals surface area contributed by atoms with Crippen LogP contribution < -0.4 is 0 Å². The topological polar surface area (TPSA) is 44.1 Å². The molecule has 90 valence electrons. The number of nitrogens with one attached hydrogen (secondary N) is 1. The average molecular weight is 241 g/mol. The van der Waals surface area contributed by atoms with E-state index in [-0.39, 0.29) is 17.0 Å². The first kappa shape index (κ1) is 12.0. The number of hydrogen-bond donors (Lipinski definition) is 2. The van der Waals surface area contributed by atoms with Gasteiger partial charge in [0.25, 0.3) is 0 Å². The van der Waals surface area contributed by atoms with E-state index in [1.807, 2.05) is 0 Å². The summed E-state index contributed by atoms with van der Waals surface area (Å²) in [6, 6.07) is 12.8. The maximum atomic E-state index is 13.4. The number of phenolic OH excluding ortho intramolecular Hbond substituents is 1. The standard InChI is InChI=1S/C15H12FNO/c16-14-4-2-1-3-13(14)15(17)10-7-11-5-8-12(18)9-6-11/h1-10,17-18H. The Hall–Kier alpha value is -2.42. The lowest BCUT2D eigenvalue weighted by molar-refractivity contribution is 0.475. The van der Waals surface area contributed by atoms with Gasteiger partial charge in [0.2, 0.25) is 0 Å². The summed E-state index contributed by atoms with van der Waals surface area (Å²) in [5, 5.41) is 16.9. The Balaban J connectivity index is 2.17. The van der Waals surface area contributed by atoms with E-state index in [9.17, 15) is 4.39 Å².